The monoisotopic (exact) mass is 938 g/mol. The molecule has 0 N–H and O–H groups in total. The molecule has 352 valence electrons. The minimum Gasteiger partial charge on any atom is -0.378 e. The first-order chi connectivity index (χ1) is 31.5. The van der Waals surface area contributed by atoms with E-state index in [4.69, 9.17) is 9.47 Å². The molecule has 0 radical (unpaired) electrons. The van der Waals surface area contributed by atoms with E-state index in [0.29, 0.717) is 59.5 Å². The van der Waals surface area contributed by atoms with Gasteiger partial charge in [0.2, 0.25) is 0 Å². The number of benzene rings is 5. The summed E-state index contributed by atoms with van der Waals surface area (Å²) in [5, 5.41) is 7.10. The molecule has 4 amide bonds. The average molecular weight is 940 g/mol. The van der Waals surface area contributed by atoms with E-state index in [1.807, 2.05) is 12.1 Å². The highest BCUT2D eigenvalue weighted by atomic mass is 35.5. The topological polar surface area (TPSA) is 106 Å². The molecule has 6 aliphatic heterocycles. The molecule has 4 fully saturated rings. The zero-order valence-electron chi connectivity index (χ0n) is 38.2. The summed E-state index contributed by atoms with van der Waals surface area (Å²) in [7, 11) is 0. The van der Waals surface area contributed by atoms with Gasteiger partial charge in [0.25, 0.3) is 23.6 Å². The third kappa shape index (κ3) is 8.27. The third-order valence-electron chi connectivity index (χ3n) is 15.3. The van der Waals surface area contributed by atoms with Crippen molar-refractivity contribution in [2.24, 2.45) is 0 Å². The number of amides is 4. The van der Waals surface area contributed by atoms with Gasteiger partial charge in [0.1, 0.15) is 0 Å². The Hall–Kier alpha value is -4.30. The van der Waals surface area contributed by atoms with Gasteiger partial charge < -0.3 is 29.1 Å². The molecule has 5 aromatic rings. The van der Waals surface area contributed by atoms with Gasteiger partial charge in [0.15, 0.2) is 0 Å². The highest BCUT2D eigenvalue weighted by Crippen LogP contribution is 2.52. The number of ether oxygens (including phenoxy) is 2. The van der Waals surface area contributed by atoms with Crippen molar-refractivity contribution >= 4 is 103 Å². The number of rotatable bonds is 14. The lowest BCUT2D eigenvalue weighted by Crippen LogP contribution is -2.43. The SMILES string of the molecule is Cl.Cl.O=C1c2ccc3c4c(N5CCCCC5)cc5c6c(cc(N7CCCCC7)c(c7ccc(c2c37)C(=O)N1CCOCCN1CCCCC1)c64)C(=O)N(CCOCCN1CCCCC1)C5=O. The number of carbonyl (C=O) groups is 4. The molecule has 0 aliphatic carbocycles. The summed E-state index contributed by atoms with van der Waals surface area (Å²) < 4.78 is 12.1. The Kier molecular flexibility index (Phi) is 14.3. The molecule has 6 heterocycles. The number of hydrogen-bond donors (Lipinski definition) is 0. The van der Waals surface area contributed by atoms with E-state index in [0.717, 1.165) is 148 Å². The number of imide groups is 2. The smallest absolute Gasteiger partial charge is 0.261 e. The van der Waals surface area contributed by atoms with Crippen molar-refractivity contribution in [1.29, 1.82) is 0 Å². The van der Waals surface area contributed by atoms with Crippen LogP contribution in [-0.2, 0) is 9.47 Å². The number of piperidine rings is 4. The van der Waals surface area contributed by atoms with Crippen molar-refractivity contribution in [3.63, 3.8) is 0 Å². The van der Waals surface area contributed by atoms with Gasteiger partial charge in [-0.2, -0.15) is 0 Å². The van der Waals surface area contributed by atoms with Crippen LogP contribution >= 0.6 is 24.8 Å². The Balaban J connectivity index is 0.00000274. The number of halogens is 2. The van der Waals surface area contributed by atoms with Crippen molar-refractivity contribution in [3.8, 4) is 0 Å². The molecular formula is C52H64Cl2N6O6. The van der Waals surface area contributed by atoms with Crippen LogP contribution in [0.4, 0.5) is 11.4 Å². The summed E-state index contributed by atoms with van der Waals surface area (Å²) in [6.45, 7) is 11.6. The van der Waals surface area contributed by atoms with Crippen LogP contribution in [0.5, 0.6) is 0 Å². The average Bonchev–Trinajstić information content (AvgIpc) is 3.34. The number of nitrogens with zero attached hydrogens (tertiary/aromatic N) is 6. The standard InChI is InChI=1S/C52H62N6O6.2ClH/c59-49-37-15-13-35-43-36(14-16-38(44(37)43)50(60)57(49)27-31-63-29-25-53-17-5-1-6-18-53)47-42(56-23-11-4-12-24-56)34-40-45-39(33-41(46(35)48(45)47)55-21-9-3-10-22-55)51(61)58(52(40)62)28-32-64-30-26-54-19-7-2-8-20-54;;/h13-16,33-34H,1-12,17-32H2;2*1H. The summed E-state index contributed by atoms with van der Waals surface area (Å²) in [4.78, 5) is 71.2. The number of fused-ring (bicyclic) bond motifs is 2. The highest BCUT2D eigenvalue weighted by molar-refractivity contribution is 6.44. The van der Waals surface area contributed by atoms with Crippen LogP contribution in [0.15, 0.2) is 36.4 Å². The fourth-order valence-electron chi connectivity index (χ4n) is 12.0. The number of likely N-dealkylation sites (tertiary alicyclic amines) is 2. The third-order valence-corrected chi connectivity index (χ3v) is 15.3. The largest absolute Gasteiger partial charge is 0.378 e. The molecule has 0 aromatic heterocycles. The predicted octanol–water partition coefficient (Wildman–Crippen LogP) is 8.76. The fraction of sp³-hybridized carbons (Fsp3) is 0.538. The Bertz CT molecular complexity index is 2490. The van der Waals surface area contributed by atoms with Gasteiger partial charge >= 0.3 is 0 Å². The van der Waals surface area contributed by atoms with Crippen molar-refractivity contribution in [3.05, 3.63) is 58.7 Å². The Morgan fingerprint density at radius 3 is 1.12 bits per heavy atom. The van der Waals surface area contributed by atoms with Crippen molar-refractivity contribution in [2.45, 2.75) is 77.0 Å². The molecule has 0 spiro atoms. The fourth-order valence-corrected chi connectivity index (χ4v) is 12.0. The molecule has 12 nitrogen and oxygen atoms in total. The molecule has 4 saturated heterocycles. The van der Waals surface area contributed by atoms with E-state index in [1.54, 1.807) is 0 Å². The first-order valence-corrected chi connectivity index (χ1v) is 24.6. The summed E-state index contributed by atoms with van der Waals surface area (Å²) in [6.07, 6.45) is 13.9. The number of anilines is 2. The number of carbonyl (C=O) groups excluding carboxylic acids is 4. The molecule has 6 aliphatic rings. The van der Waals surface area contributed by atoms with E-state index in [1.165, 1.54) is 48.3 Å². The minimum atomic E-state index is -0.295. The van der Waals surface area contributed by atoms with Gasteiger partial charge in [-0.05, 0) is 131 Å². The van der Waals surface area contributed by atoms with Gasteiger partial charge in [-0.3, -0.25) is 29.0 Å². The van der Waals surface area contributed by atoms with E-state index in [2.05, 4.69) is 43.9 Å². The molecular weight excluding hydrogens is 876 g/mol. The predicted molar refractivity (Wildman–Crippen MR) is 267 cm³/mol. The quantitative estimate of drug-likeness (QED) is 0.0465. The molecule has 66 heavy (non-hydrogen) atoms. The van der Waals surface area contributed by atoms with E-state index >= 15 is 0 Å². The lowest BCUT2D eigenvalue weighted by molar-refractivity contribution is 0.0479. The van der Waals surface area contributed by atoms with Crippen LogP contribution in [0, 0.1) is 0 Å². The second-order valence-electron chi connectivity index (χ2n) is 19.1. The second-order valence-corrected chi connectivity index (χ2v) is 19.1. The van der Waals surface area contributed by atoms with E-state index in [9.17, 15) is 19.2 Å². The van der Waals surface area contributed by atoms with Crippen LogP contribution in [0.2, 0.25) is 0 Å². The Morgan fingerprint density at radius 1 is 0.364 bits per heavy atom. The van der Waals surface area contributed by atoms with Gasteiger partial charge in [0.05, 0.1) is 50.6 Å². The first kappa shape index (κ1) is 46.8. The zero-order chi connectivity index (χ0) is 43.3. The molecule has 5 aromatic carbocycles. The summed E-state index contributed by atoms with van der Waals surface area (Å²) in [5.74, 6) is -1.14. The summed E-state index contributed by atoms with van der Waals surface area (Å²) in [6, 6.07) is 12.0. The van der Waals surface area contributed by atoms with Crippen LogP contribution in [0.3, 0.4) is 0 Å². The lowest BCUT2D eigenvalue weighted by atomic mass is 9.80. The van der Waals surface area contributed by atoms with Crippen LogP contribution in [0.25, 0.3) is 43.1 Å². The maximum Gasteiger partial charge on any atom is 0.261 e. The Labute approximate surface area is 400 Å². The maximum absolute atomic E-state index is 14.9. The molecule has 14 heteroatoms. The van der Waals surface area contributed by atoms with Crippen molar-refractivity contribution < 1.29 is 28.7 Å². The molecule has 11 rings (SSSR count). The normalized spacial score (nSPS) is 19.8. The highest BCUT2D eigenvalue weighted by Gasteiger charge is 2.39. The first-order valence-electron chi connectivity index (χ1n) is 24.6. The second kappa shape index (κ2) is 20.1. The van der Waals surface area contributed by atoms with E-state index < -0.39 is 0 Å². The van der Waals surface area contributed by atoms with E-state index in [-0.39, 0.29) is 61.5 Å². The van der Waals surface area contributed by atoms with Gasteiger partial charge in [-0.1, -0.05) is 25.0 Å². The minimum absolute atomic E-state index is 0. The van der Waals surface area contributed by atoms with Gasteiger partial charge in [0, 0.05) is 88.7 Å². The summed E-state index contributed by atoms with van der Waals surface area (Å²) in [5.41, 5.74) is 4.12. The van der Waals surface area contributed by atoms with Crippen LogP contribution < -0.4 is 9.80 Å². The van der Waals surface area contributed by atoms with Crippen molar-refractivity contribution in [2.75, 3.05) is 115 Å². The van der Waals surface area contributed by atoms with Crippen LogP contribution in [-0.4, -0.2) is 148 Å². The molecule has 0 bridgehead atoms. The Morgan fingerprint density at radius 2 is 0.712 bits per heavy atom. The molecule has 0 atom stereocenters. The number of hydrogen-bond acceptors (Lipinski definition) is 10. The van der Waals surface area contributed by atoms with Crippen molar-refractivity contribution in [1.82, 2.24) is 19.6 Å². The molecule has 0 unspecified atom stereocenters. The van der Waals surface area contributed by atoms with Gasteiger partial charge in [-0.15, -0.1) is 24.8 Å². The lowest BCUT2D eigenvalue weighted by Gasteiger charge is -2.37. The zero-order valence-corrected chi connectivity index (χ0v) is 39.8. The van der Waals surface area contributed by atoms with Gasteiger partial charge in [-0.25, -0.2) is 0 Å². The van der Waals surface area contributed by atoms with Crippen LogP contribution in [0.1, 0.15) is 118 Å². The summed E-state index contributed by atoms with van der Waals surface area (Å²) >= 11 is 0. The maximum atomic E-state index is 14.9. The molecule has 0 saturated carbocycles.